The van der Waals surface area contributed by atoms with Gasteiger partial charge < -0.3 is 25.1 Å². The highest BCUT2D eigenvalue weighted by molar-refractivity contribution is 5.90. The quantitative estimate of drug-likeness (QED) is 0.484. The number of primary amides is 1. The van der Waals surface area contributed by atoms with E-state index in [1.165, 1.54) is 6.20 Å². The van der Waals surface area contributed by atoms with Gasteiger partial charge in [0, 0.05) is 37.7 Å². The Morgan fingerprint density at radius 1 is 1.13 bits per heavy atom. The van der Waals surface area contributed by atoms with E-state index < -0.39 is 5.91 Å². The summed E-state index contributed by atoms with van der Waals surface area (Å²) in [5.41, 5.74) is 9.57. The van der Waals surface area contributed by atoms with Crippen LogP contribution >= 0.6 is 0 Å². The summed E-state index contributed by atoms with van der Waals surface area (Å²) in [6.07, 6.45) is 1.53. The second-order valence-electron chi connectivity index (χ2n) is 6.92. The van der Waals surface area contributed by atoms with Crippen molar-refractivity contribution in [3.8, 4) is 5.75 Å². The number of fused-ring (bicyclic) bond motifs is 1. The molecule has 0 aliphatic rings. The van der Waals surface area contributed by atoms with Crippen LogP contribution in [0.1, 0.15) is 16.1 Å². The van der Waals surface area contributed by atoms with Crippen molar-refractivity contribution in [2.45, 2.75) is 6.61 Å². The van der Waals surface area contributed by atoms with E-state index >= 15 is 0 Å². The summed E-state index contributed by atoms with van der Waals surface area (Å²) in [4.78, 5) is 21.7. The molecule has 8 heteroatoms. The van der Waals surface area contributed by atoms with Gasteiger partial charge in [0.1, 0.15) is 23.6 Å². The lowest BCUT2D eigenvalue weighted by atomic mass is 10.2. The molecule has 3 N–H and O–H groups in total. The molecule has 0 fully saturated rings. The molecule has 4 rings (SSSR count). The molecule has 1 amide bonds. The molecule has 2 aromatic carbocycles. The van der Waals surface area contributed by atoms with Crippen LogP contribution in [-0.2, 0) is 6.61 Å². The van der Waals surface area contributed by atoms with Crippen LogP contribution in [0, 0.1) is 0 Å². The smallest absolute Gasteiger partial charge is 0.300 e. The number of aromatic nitrogens is 2. The Hall–Kier alpha value is -4.07. The summed E-state index contributed by atoms with van der Waals surface area (Å²) in [5, 5.41) is 3.17. The van der Waals surface area contributed by atoms with Crippen molar-refractivity contribution in [3.63, 3.8) is 0 Å². The first kappa shape index (κ1) is 19.3. The predicted molar refractivity (Wildman–Crippen MR) is 115 cm³/mol. The van der Waals surface area contributed by atoms with Crippen LogP contribution in [-0.4, -0.2) is 30.0 Å². The highest BCUT2D eigenvalue weighted by atomic mass is 16.5. The monoisotopic (exact) mass is 403 g/mol. The van der Waals surface area contributed by atoms with Gasteiger partial charge in [-0.3, -0.25) is 9.78 Å². The van der Waals surface area contributed by atoms with Gasteiger partial charge in [-0.25, -0.2) is 0 Å². The molecular formula is C22H21N5O3. The van der Waals surface area contributed by atoms with Crippen LogP contribution in [0.4, 0.5) is 17.4 Å². The van der Waals surface area contributed by atoms with Crippen LogP contribution in [0.15, 0.2) is 65.2 Å². The first-order valence-electron chi connectivity index (χ1n) is 9.30. The molecule has 0 saturated heterocycles. The molecule has 0 spiro atoms. The van der Waals surface area contributed by atoms with E-state index in [0.29, 0.717) is 22.9 Å². The lowest BCUT2D eigenvalue weighted by Gasteiger charge is -2.12. The Morgan fingerprint density at radius 2 is 1.93 bits per heavy atom. The molecule has 0 atom stereocenters. The molecule has 0 aliphatic carbocycles. The minimum Gasteiger partial charge on any atom is -0.489 e. The van der Waals surface area contributed by atoms with Crippen LogP contribution in [0.2, 0.25) is 0 Å². The van der Waals surface area contributed by atoms with E-state index in [0.717, 1.165) is 16.9 Å². The van der Waals surface area contributed by atoms with Crippen molar-refractivity contribution in [1.29, 1.82) is 0 Å². The van der Waals surface area contributed by atoms with Crippen LogP contribution < -0.4 is 20.7 Å². The van der Waals surface area contributed by atoms with Crippen molar-refractivity contribution in [1.82, 2.24) is 9.97 Å². The van der Waals surface area contributed by atoms with Gasteiger partial charge >= 0.3 is 0 Å². The third-order valence-corrected chi connectivity index (χ3v) is 4.48. The number of nitrogens with one attached hydrogen (secondary N) is 1. The standard InChI is InChI=1S/C22H21N5O3/c1-27(2)16-5-3-15(4-6-16)25-22-26-18-12-17(7-8-20(18)30-22)29-13-14-9-10-24-19(11-14)21(23)28/h3-12H,13H2,1-2H3,(H2,23,28)(H,25,26). The number of benzene rings is 2. The van der Waals surface area contributed by atoms with Crippen LogP contribution in [0.5, 0.6) is 5.75 Å². The number of hydrogen-bond donors (Lipinski definition) is 2. The minimum atomic E-state index is -0.572. The number of anilines is 3. The zero-order valence-corrected chi connectivity index (χ0v) is 16.6. The Morgan fingerprint density at radius 3 is 2.67 bits per heavy atom. The second-order valence-corrected chi connectivity index (χ2v) is 6.92. The van der Waals surface area contributed by atoms with E-state index in [9.17, 15) is 4.79 Å². The van der Waals surface area contributed by atoms with Gasteiger partial charge in [-0.15, -0.1) is 0 Å². The Labute approximate surface area is 173 Å². The van der Waals surface area contributed by atoms with Crippen molar-refractivity contribution in [3.05, 3.63) is 72.1 Å². The molecule has 0 aliphatic heterocycles. The van der Waals surface area contributed by atoms with E-state index in [2.05, 4.69) is 15.3 Å². The van der Waals surface area contributed by atoms with Gasteiger partial charge in [-0.1, -0.05) is 0 Å². The molecule has 2 heterocycles. The topological polar surface area (TPSA) is 107 Å². The molecule has 0 unspecified atom stereocenters. The number of nitrogens with zero attached hydrogens (tertiary/aromatic N) is 3. The van der Waals surface area contributed by atoms with Crippen molar-refractivity contribution < 1.29 is 13.9 Å². The van der Waals surface area contributed by atoms with Gasteiger partial charge in [0.15, 0.2) is 5.58 Å². The zero-order valence-electron chi connectivity index (χ0n) is 16.6. The molecule has 2 aromatic heterocycles. The first-order chi connectivity index (χ1) is 14.5. The molecule has 8 nitrogen and oxygen atoms in total. The molecule has 30 heavy (non-hydrogen) atoms. The highest BCUT2D eigenvalue weighted by Gasteiger charge is 2.09. The normalized spacial score (nSPS) is 10.7. The molecule has 152 valence electrons. The summed E-state index contributed by atoms with van der Waals surface area (Å²) in [6.45, 7) is 0.273. The maximum atomic E-state index is 11.2. The average Bonchev–Trinajstić information content (AvgIpc) is 3.14. The molecule has 0 saturated carbocycles. The fourth-order valence-corrected chi connectivity index (χ4v) is 2.88. The summed E-state index contributed by atoms with van der Waals surface area (Å²) < 4.78 is 11.6. The lowest BCUT2D eigenvalue weighted by Crippen LogP contribution is -2.13. The van der Waals surface area contributed by atoms with Gasteiger partial charge in [0.2, 0.25) is 0 Å². The first-order valence-corrected chi connectivity index (χ1v) is 9.30. The summed E-state index contributed by atoms with van der Waals surface area (Å²) in [7, 11) is 3.99. The molecule has 0 radical (unpaired) electrons. The third-order valence-electron chi connectivity index (χ3n) is 4.48. The fraction of sp³-hybridized carbons (Fsp3) is 0.136. The van der Waals surface area contributed by atoms with E-state index in [-0.39, 0.29) is 12.3 Å². The Balaban J connectivity index is 1.45. The van der Waals surface area contributed by atoms with Gasteiger partial charge in [-0.05, 0) is 54.1 Å². The Kier molecular flexibility index (Phi) is 5.21. The van der Waals surface area contributed by atoms with E-state index in [1.54, 1.807) is 30.3 Å². The Bertz CT molecular complexity index is 1190. The largest absolute Gasteiger partial charge is 0.489 e. The van der Waals surface area contributed by atoms with E-state index in [1.807, 2.05) is 43.3 Å². The van der Waals surface area contributed by atoms with E-state index in [4.69, 9.17) is 14.9 Å². The molecular weight excluding hydrogens is 382 g/mol. The number of nitrogens with two attached hydrogens (primary N) is 1. The third kappa shape index (κ3) is 4.33. The SMILES string of the molecule is CN(C)c1ccc(Nc2nc3cc(OCc4ccnc(C(N)=O)c4)ccc3o2)cc1. The van der Waals surface area contributed by atoms with Crippen LogP contribution in [0.25, 0.3) is 11.1 Å². The minimum absolute atomic E-state index is 0.206. The number of amides is 1. The average molecular weight is 403 g/mol. The van der Waals surface area contributed by atoms with Gasteiger partial charge in [0.25, 0.3) is 11.9 Å². The second kappa shape index (κ2) is 8.12. The van der Waals surface area contributed by atoms with Crippen LogP contribution in [0.3, 0.4) is 0 Å². The maximum Gasteiger partial charge on any atom is 0.300 e. The number of hydrogen-bond acceptors (Lipinski definition) is 7. The predicted octanol–water partition coefficient (Wildman–Crippen LogP) is 3.71. The number of ether oxygens (including phenoxy) is 1. The summed E-state index contributed by atoms with van der Waals surface area (Å²) in [6, 6.07) is 17.2. The number of rotatable bonds is 7. The number of oxazole rings is 1. The maximum absolute atomic E-state index is 11.2. The zero-order chi connectivity index (χ0) is 21.1. The van der Waals surface area contributed by atoms with Crippen molar-refractivity contribution >= 4 is 34.4 Å². The van der Waals surface area contributed by atoms with Crippen molar-refractivity contribution in [2.75, 3.05) is 24.3 Å². The highest BCUT2D eigenvalue weighted by Crippen LogP contribution is 2.26. The van der Waals surface area contributed by atoms with Gasteiger partial charge in [-0.2, -0.15) is 4.98 Å². The number of carbonyl (C=O) groups is 1. The molecule has 4 aromatic rings. The lowest BCUT2D eigenvalue weighted by molar-refractivity contribution is 0.0995. The molecule has 0 bridgehead atoms. The van der Waals surface area contributed by atoms with Crippen molar-refractivity contribution in [2.24, 2.45) is 5.73 Å². The number of pyridine rings is 1. The number of carbonyl (C=O) groups excluding carboxylic acids is 1. The summed E-state index contributed by atoms with van der Waals surface area (Å²) >= 11 is 0. The summed E-state index contributed by atoms with van der Waals surface area (Å²) in [5.74, 6) is 0.0624. The van der Waals surface area contributed by atoms with Gasteiger partial charge in [0.05, 0.1) is 0 Å². The fourth-order valence-electron chi connectivity index (χ4n) is 2.88.